The number of hydrogen-bond acceptors (Lipinski definition) is 3. The van der Waals surface area contributed by atoms with Crippen molar-refractivity contribution in [3.63, 3.8) is 0 Å². The van der Waals surface area contributed by atoms with Crippen molar-refractivity contribution in [3.05, 3.63) is 34.1 Å². The molecule has 0 saturated carbocycles. The summed E-state index contributed by atoms with van der Waals surface area (Å²) in [6.45, 7) is 1.11. The second-order valence-electron chi connectivity index (χ2n) is 3.27. The average Bonchev–Trinajstić information content (AvgIpc) is 2.29. The van der Waals surface area contributed by atoms with Gasteiger partial charge < -0.3 is 14.8 Å². The van der Waals surface area contributed by atoms with E-state index in [0.29, 0.717) is 13.1 Å². The Bertz CT molecular complexity index is 332. The Balaban J connectivity index is 2.45. The first-order chi connectivity index (χ1) is 7.67. The van der Waals surface area contributed by atoms with Crippen molar-refractivity contribution >= 4 is 15.9 Å². The number of nitrogens with one attached hydrogen (secondary N) is 1. The van der Waals surface area contributed by atoms with E-state index in [1.165, 1.54) is 12.1 Å². The van der Waals surface area contributed by atoms with Gasteiger partial charge in [0.2, 0.25) is 0 Å². The SMILES string of the molecule is COC(CNCc1cc(F)ccc1Br)OC. The Hall–Kier alpha value is -0.490. The molecule has 0 fully saturated rings. The zero-order valence-corrected chi connectivity index (χ0v) is 10.9. The summed E-state index contributed by atoms with van der Waals surface area (Å²) in [5.74, 6) is -0.241. The summed E-state index contributed by atoms with van der Waals surface area (Å²) in [6.07, 6.45) is -0.285. The Morgan fingerprint density at radius 3 is 2.69 bits per heavy atom. The zero-order chi connectivity index (χ0) is 12.0. The first kappa shape index (κ1) is 13.6. The van der Waals surface area contributed by atoms with Gasteiger partial charge in [0, 0.05) is 31.8 Å². The summed E-state index contributed by atoms with van der Waals surface area (Å²) in [7, 11) is 3.15. The highest BCUT2D eigenvalue weighted by Crippen LogP contribution is 2.17. The predicted molar refractivity (Wildman–Crippen MR) is 63.6 cm³/mol. The van der Waals surface area contributed by atoms with Crippen molar-refractivity contribution in [1.82, 2.24) is 5.32 Å². The standard InChI is InChI=1S/C11H15BrFNO2/c1-15-11(16-2)7-14-6-8-5-9(13)3-4-10(8)12/h3-5,11,14H,6-7H2,1-2H3. The average molecular weight is 292 g/mol. The van der Waals surface area contributed by atoms with Gasteiger partial charge in [0.25, 0.3) is 0 Å². The van der Waals surface area contributed by atoms with E-state index in [4.69, 9.17) is 9.47 Å². The maximum atomic E-state index is 13.0. The lowest BCUT2D eigenvalue weighted by Gasteiger charge is -2.14. The van der Waals surface area contributed by atoms with Crippen LogP contribution in [0.3, 0.4) is 0 Å². The van der Waals surface area contributed by atoms with E-state index in [9.17, 15) is 4.39 Å². The minimum Gasteiger partial charge on any atom is -0.355 e. The number of benzene rings is 1. The third-order valence-corrected chi connectivity index (χ3v) is 2.93. The molecule has 0 aromatic heterocycles. The molecule has 0 atom stereocenters. The minimum atomic E-state index is -0.285. The van der Waals surface area contributed by atoms with Crippen molar-refractivity contribution in [2.75, 3.05) is 20.8 Å². The molecule has 0 aliphatic carbocycles. The van der Waals surface area contributed by atoms with Gasteiger partial charge in [-0.1, -0.05) is 15.9 Å². The maximum Gasteiger partial charge on any atom is 0.169 e. The predicted octanol–water partition coefficient (Wildman–Crippen LogP) is 2.30. The molecule has 0 radical (unpaired) electrons. The van der Waals surface area contributed by atoms with Crippen LogP contribution in [0.4, 0.5) is 4.39 Å². The largest absolute Gasteiger partial charge is 0.355 e. The highest BCUT2D eigenvalue weighted by molar-refractivity contribution is 9.10. The van der Waals surface area contributed by atoms with Crippen LogP contribution in [0.5, 0.6) is 0 Å². The topological polar surface area (TPSA) is 30.5 Å². The molecule has 0 bridgehead atoms. The van der Waals surface area contributed by atoms with Crippen LogP contribution in [-0.4, -0.2) is 27.1 Å². The van der Waals surface area contributed by atoms with Gasteiger partial charge in [0.1, 0.15) is 5.82 Å². The summed E-state index contributed by atoms with van der Waals surface area (Å²) in [4.78, 5) is 0. The number of methoxy groups -OCH3 is 2. The van der Waals surface area contributed by atoms with Crippen LogP contribution in [0, 0.1) is 5.82 Å². The summed E-state index contributed by atoms with van der Waals surface area (Å²) < 4.78 is 23.9. The lowest BCUT2D eigenvalue weighted by atomic mass is 10.2. The molecule has 5 heteroatoms. The van der Waals surface area contributed by atoms with E-state index < -0.39 is 0 Å². The molecule has 0 unspecified atom stereocenters. The first-order valence-corrected chi connectivity index (χ1v) is 5.67. The van der Waals surface area contributed by atoms with Gasteiger partial charge in [0.15, 0.2) is 6.29 Å². The number of halogens is 2. The van der Waals surface area contributed by atoms with Crippen LogP contribution >= 0.6 is 15.9 Å². The second kappa shape index (κ2) is 6.96. The Morgan fingerprint density at radius 1 is 1.38 bits per heavy atom. The molecule has 90 valence electrons. The third-order valence-electron chi connectivity index (χ3n) is 2.16. The molecule has 1 rings (SSSR count). The number of hydrogen-bond donors (Lipinski definition) is 1. The van der Waals surface area contributed by atoms with Crippen LogP contribution in [0.1, 0.15) is 5.56 Å². The molecule has 1 aromatic rings. The second-order valence-corrected chi connectivity index (χ2v) is 4.12. The summed E-state index contributed by atoms with van der Waals surface area (Å²) in [5, 5.41) is 3.12. The number of ether oxygens (including phenoxy) is 2. The molecule has 0 aliphatic heterocycles. The molecule has 0 amide bonds. The van der Waals surface area contributed by atoms with Crippen LogP contribution in [0.2, 0.25) is 0 Å². The molecule has 0 spiro atoms. The zero-order valence-electron chi connectivity index (χ0n) is 9.30. The van der Waals surface area contributed by atoms with Gasteiger partial charge in [-0.3, -0.25) is 0 Å². The van der Waals surface area contributed by atoms with E-state index in [2.05, 4.69) is 21.2 Å². The highest BCUT2D eigenvalue weighted by Gasteiger charge is 2.05. The van der Waals surface area contributed by atoms with Gasteiger partial charge in [-0.25, -0.2) is 4.39 Å². The summed E-state index contributed by atoms with van der Waals surface area (Å²) in [6, 6.07) is 4.60. The van der Waals surface area contributed by atoms with Crippen molar-refractivity contribution in [2.45, 2.75) is 12.8 Å². The fraction of sp³-hybridized carbons (Fsp3) is 0.455. The summed E-state index contributed by atoms with van der Waals surface area (Å²) >= 11 is 3.36. The first-order valence-electron chi connectivity index (χ1n) is 4.87. The van der Waals surface area contributed by atoms with E-state index in [1.807, 2.05) is 0 Å². The van der Waals surface area contributed by atoms with Gasteiger partial charge in [-0.2, -0.15) is 0 Å². The molecular formula is C11H15BrFNO2. The minimum absolute atomic E-state index is 0.241. The molecule has 0 aliphatic rings. The van der Waals surface area contributed by atoms with Gasteiger partial charge >= 0.3 is 0 Å². The highest BCUT2D eigenvalue weighted by atomic mass is 79.9. The van der Waals surface area contributed by atoms with Gasteiger partial charge in [0.05, 0.1) is 0 Å². The van der Waals surface area contributed by atoms with Crippen molar-refractivity contribution in [2.24, 2.45) is 0 Å². The smallest absolute Gasteiger partial charge is 0.169 e. The van der Waals surface area contributed by atoms with Crippen LogP contribution < -0.4 is 5.32 Å². The van der Waals surface area contributed by atoms with E-state index in [1.54, 1.807) is 20.3 Å². The monoisotopic (exact) mass is 291 g/mol. The Kier molecular flexibility index (Phi) is 5.90. The molecule has 0 heterocycles. The molecule has 16 heavy (non-hydrogen) atoms. The van der Waals surface area contributed by atoms with Crippen molar-refractivity contribution < 1.29 is 13.9 Å². The van der Waals surface area contributed by atoms with Crippen molar-refractivity contribution in [1.29, 1.82) is 0 Å². The number of rotatable bonds is 6. The molecular weight excluding hydrogens is 277 g/mol. The van der Waals surface area contributed by atoms with Crippen molar-refractivity contribution in [3.8, 4) is 0 Å². The van der Waals surface area contributed by atoms with Crippen LogP contribution in [-0.2, 0) is 16.0 Å². The van der Waals surface area contributed by atoms with Crippen LogP contribution in [0.15, 0.2) is 22.7 Å². The Morgan fingerprint density at radius 2 is 2.06 bits per heavy atom. The normalized spacial score (nSPS) is 11.1. The van der Waals surface area contributed by atoms with Gasteiger partial charge in [-0.15, -0.1) is 0 Å². The van der Waals surface area contributed by atoms with E-state index >= 15 is 0 Å². The van der Waals surface area contributed by atoms with E-state index in [0.717, 1.165) is 10.0 Å². The van der Waals surface area contributed by atoms with Gasteiger partial charge in [-0.05, 0) is 23.8 Å². The Labute approximate surface area is 103 Å². The molecule has 1 aromatic carbocycles. The lowest BCUT2D eigenvalue weighted by Crippen LogP contribution is -2.29. The third kappa shape index (κ3) is 4.17. The fourth-order valence-corrected chi connectivity index (χ4v) is 1.65. The summed E-state index contributed by atoms with van der Waals surface area (Å²) in [5.41, 5.74) is 0.867. The maximum absolute atomic E-state index is 13.0. The molecule has 3 nitrogen and oxygen atoms in total. The fourth-order valence-electron chi connectivity index (χ4n) is 1.27. The molecule has 1 N–H and O–H groups in total. The van der Waals surface area contributed by atoms with Crippen LogP contribution in [0.25, 0.3) is 0 Å². The lowest BCUT2D eigenvalue weighted by molar-refractivity contribution is -0.0989. The van der Waals surface area contributed by atoms with E-state index in [-0.39, 0.29) is 12.1 Å². The molecule has 0 saturated heterocycles. The quantitative estimate of drug-likeness (QED) is 0.816.